The van der Waals surface area contributed by atoms with Gasteiger partial charge in [0, 0.05) is 50.9 Å². The van der Waals surface area contributed by atoms with Crippen LogP contribution in [0.25, 0.3) is 0 Å². The van der Waals surface area contributed by atoms with Crippen molar-refractivity contribution in [1.82, 2.24) is 20.4 Å². The fourth-order valence-electron chi connectivity index (χ4n) is 4.44. The summed E-state index contributed by atoms with van der Waals surface area (Å²) < 4.78 is 0. The van der Waals surface area contributed by atoms with E-state index in [0.29, 0.717) is 23.2 Å². The Morgan fingerprint density at radius 2 is 1.72 bits per heavy atom. The number of carbonyl (C=O) groups is 3. The largest absolute Gasteiger partial charge is 0.351 e. The molecule has 4 rings (SSSR count). The zero-order chi connectivity index (χ0) is 19.5. The molecule has 2 aliphatic heterocycles. The van der Waals surface area contributed by atoms with E-state index in [-0.39, 0.29) is 36.2 Å². The highest BCUT2D eigenvalue weighted by molar-refractivity contribution is 6.22. The molecule has 0 unspecified atom stereocenters. The molecule has 2 heterocycles. The van der Waals surface area contributed by atoms with Gasteiger partial charge in [-0.1, -0.05) is 19.3 Å². The molecular formula is C21H29ClN4O3. The first-order valence-electron chi connectivity index (χ1n) is 10.4. The molecule has 1 aromatic rings. The van der Waals surface area contributed by atoms with Crippen LogP contribution in [0.5, 0.6) is 0 Å². The van der Waals surface area contributed by atoms with Gasteiger partial charge in [0.2, 0.25) is 0 Å². The molecule has 3 amide bonds. The average molecular weight is 421 g/mol. The molecular weight excluding hydrogens is 392 g/mol. The van der Waals surface area contributed by atoms with Crippen molar-refractivity contribution in [3.8, 4) is 0 Å². The maximum atomic E-state index is 12.9. The number of fused-ring (bicyclic) bond motifs is 1. The Bertz CT molecular complexity index is 773. The summed E-state index contributed by atoms with van der Waals surface area (Å²) in [6.45, 7) is 5.31. The van der Waals surface area contributed by atoms with E-state index in [1.807, 2.05) is 0 Å². The summed E-state index contributed by atoms with van der Waals surface area (Å²) >= 11 is 0. The van der Waals surface area contributed by atoms with Crippen LogP contribution in [0.2, 0.25) is 0 Å². The number of nitrogens with one attached hydrogen (secondary N) is 2. The van der Waals surface area contributed by atoms with Gasteiger partial charge in [0.25, 0.3) is 17.7 Å². The highest BCUT2D eigenvalue weighted by atomic mass is 35.5. The topological polar surface area (TPSA) is 81.8 Å². The summed E-state index contributed by atoms with van der Waals surface area (Å²) in [5, 5.41) is 6.23. The molecule has 0 radical (unpaired) electrons. The number of nitrogens with zero attached hydrogens (tertiary/aromatic N) is 2. The molecule has 158 valence electrons. The van der Waals surface area contributed by atoms with E-state index in [1.54, 1.807) is 18.2 Å². The molecule has 1 aromatic carbocycles. The van der Waals surface area contributed by atoms with Crippen LogP contribution in [-0.4, -0.2) is 72.8 Å². The Morgan fingerprint density at radius 1 is 1.03 bits per heavy atom. The minimum absolute atomic E-state index is 0. The highest BCUT2D eigenvalue weighted by Gasteiger charge is 2.40. The number of imide groups is 1. The van der Waals surface area contributed by atoms with Crippen LogP contribution in [0.4, 0.5) is 0 Å². The third-order valence-electron chi connectivity index (χ3n) is 6.04. The zero-order valence-corrected chi connectivity index (χ0v) is 17.4. The van der Waals surface area contributed by atoms with Gasteiger partial charge in [-0.25, -0.2) is 0 Å². The Kier molecular flexibility index (Phi) is 7.27. The predicted octanol–water partition coefficient (Wildman–Crippen LogP) is 1.67. The van der Waals surface area contributed by atoms with Crippen LogP contribution >= 0.6 is 12.4 Å². The van der Waals surface area contributed by atoms with Crippen molar-refractivity contribution in [1.29, 1.82) is 0 Å². The summed E-state index contributed by atoms with van der Waals surface area (Å²) in [4.78, 5) is 41.8. The van der Waals surface area contributed by atoms with Crippen molar-refractivity contribution in [3.05, 3.63) is 34.9 Å². The first-order chi connectivity index (χ1) is 13.6. The van der Waals surface area contributed by atoms with Crippen LogP contribution in [0.15, 0.2) is 18.2 Å². The molecule has 0 atom stereocenters. The number of amides is 3. The molecule has 29 heavy (non-hydrogen) atoms. The third kappa shape index (κ3) is 4.63. The average Bonchev–Trinajstić information content (AvgIpc) is 2.99. The molecule has 1 aliphatic carbocycles. The summed E-state index contributed by atoms with van der Waals surface area (Å²) in [7, 11) is 0. The maximum absolute atomic E-state index is 12.9. The summed E-state index contributed by atoms with van der Waals surface area (Å²) in [5.74, 6) is -0.658. The third-order valence-corrected chi connectivity index (χ3v) is 6.04. The van der Waals surface area contributed by atoms with E-state index in [1.165, 1.54) is 4.90 Å². The van der Waals surface area contributed by atoms with Gasteiger partial charge < -0.3 is 10.6 Å². The van der Waals surface area contributed by atoms with Crippen molar-refractivity contribution in [2.75, 3.05) is 39.3 Å². The predicted molar refractivity (Wildman–Crippen MR) is 113 cm³/mol. The number of hydrogen-bond acceptors (Lipinski definition) is 5. The lowest BCUT2D eigenvalue weighted by Crippen LogP contribution is -2.46. The molecule has 2 fully saturated rings. The van der Waals surface area contributed by atoms with Gasteiger partial charge in [-0.05, 0) is 31.0 Å². The van der Waals surface area contributed by atoms with E-state index in [4.69, 9.17) is 0 Å². The number of halogens is 1. The Balaban J connectivity index is 0.00000240. The van der Waals surface area contributed by atoms with E-state index in [2.05, 4.69) is 15.5 Å². The van der Waals surface area contributed by atoms with Crippen molar-refractivity contribution >= 4 is 30.1 Å². The Morgan fingerprint density at radius 3 is 2.45 bits per heavy atom. The van der Waals surface area contributed by atoms with Crippen molar-refractivity contribution in [3.63, 3.8) is 0 Å². The van der Waals surface area contributed by atoms with Crippen LogP contribution in [0.3, 0.4) is 0 Å². The maximum Gasteiger partial charge on any atom is 0.261 e. The quantitative estimate of drug-likeness (QED) is 0.708. The van der Waals surface area contributed by atoms with E-state index >= 15 is 0 Å². The van der Waals surface area contributed by atoms with E-state index in [0.717, 1.165) is 64.8 Å². The number of piperazine rings is 1. The summed E-state index contributed by atoms with van der Waals surface area (Å²) in [6, 6.07) is 4.86. The van der Waals surface area contributed by atoms with Gasteiger partial charge in [0.15, 0.2) is 0 Å². The SMILES string of the molecule is Cl.O=C(NCCN1CCNCC1)c1ccc2c(c1)C(=O)N(C1CCCCC1)C2=O. The molecule has 8 heteroatoms. The van der Waals surface area contributed by atoms with E-state index < -0.39 is 0 Å². The zero-order valence-electron chi connectivity index (χ0n) is 16.6. The Hall–Kier alpha value is -1.96. The van der Waals surface area contributed by atoms with Gasteiger partial charge in [0.1, 0.15) is 0 Å². The first kappa shape index (κ1) is 21.7. The molecule has 3 aliphatic rings. The second-order valence-corrected chi connectivity index (χ2v) is 7.88. The van der Waals surface area contributed by atoms with Crippen LogP contribution < -0.4 is 10.6 Å². The first-order valence-corrected chi connectivity index (χ1v) is 10.4. The molecule has 1 saturated carbocycles. The smallest absolute Gasteiger partial charge is 0.261 e. The minimum Gasteiger partial charge on any atom is -0.351 e. The second kappa shape index (κ2) is 9.69. The second-order valence-electron chi connectivity index (χ2n) is 7.88. The van der Waals surface area contributed by atoms with Crippen molar-refractivity contribution in [2.45, 2.75) is 38.1 Å². The van der Waals surface area contributed by atoms with Gasteiger partial charge in [-0.3, -0.25) is 24.2 Å². The van der Waals surface area contributed by atoms with E-state index in [9.17, 15) is 14.4 Å². The fraction of sp³-hybridized carbons (Fsp3) is 0.571. The van der Waals surface area contributed by atoms with Crippen LogP contribution in [0.1, 0.15) is 63.2 Å². The monoisotopic (exact) mass is 420 g/mol. The Labute approximate surface area is 177 Å². The normalized spacial score (nSPS) is 20.3. The standard InChI is InChI=1S/C21H28N4O3.ClH/c26-19(23-10-13-24-11-8-22-9-12-24)15-6-7-17-18(14-15)21(28)25(20(17)27)16-4-2-1-3-5-16;/h6-7,14,16,22H,1-5,8-13H2,(H,23,26);1H. The van der Waals surface area contributed by atoms with Gasteiger partial charge in [-0.15, -0.1) is 12.4 Å². The molecule has 0 bridgehead atoms. The molecule has 2 N–H and O–H groups in total. The van der Waals surface area contributed by atoms with Gasteiger partial charge in [-0.2, -0.15) is 0 Å². The number of hydrogen-bond donors (Lipinski definition) is 2. The number of carbonyl (C=O) groups excluding carboxylic acids is 3. The van der Waals surface area contributed by atoms with Crippen molar-refractivity contribution < 1.29 is 14.4 Å². The van der Waals surface area contributed by atoms with Crippen molar-refractivity contribution in [2.24, 2.45) is 0 Å². The molecule has 7 nitrogen and oxygen atoms in total. The lowest BCUT2D eigenvalue weighted by Gasteiger charge is -2.29. The minimum atomic E-state index is -0.248. The molecule has 0 aromatic heterocycles. The lowest BCUT2D eigenvalue weighted by atomic mass is 9.94. The van der Waals surface area contributed by atoms with Crippen LogP contribution in [0, 0.1) is 0 Å². The number of benzene rings is 1. The number of rotatable bonds is 5. The highest BCUT2D eigenvalue weighted by Crippen LogP contribution is 2.31. The molecule has 1 saturated heterocycles. The summed E-state index contributed by atoms with van der Waals surface area (Å²) in [6.07, 6.45) is 5.03. The van der Waals surface area contributed by atoms with Crippen LogP contribution in [-0.2, 0) is 0 Å². The molecule has 0 spiro atoms. The summed E-state index contributed by atoms with van der Waals surface area (Å²) in [5.41, 5.74) is 1.23. The fourth-order valence-corrected chi connectivity index (χ4v) is 4.44. The van der Waals surface area contributed by atoms with Gasteiger partial charge >= 0.3 is 0 Å². The lowest BCUT2D eigenvalue weighted by molar-refractivity contribution is 0.0549. The van der Waals surface area contributed by atoms with Gasteiger partial charge in [0.05, 0.1) is 11.1 Å².